The standard InChI is InChI=1S/C17H15NO2S2/c1-21-14-9-11-15(12-10-14)22(19,20)18-17-8-4-6-13-5-2-3-7-16(13)17/h2-12,18H,1H3. The highest BCUT2D eigenvalue weighted by Crippen LogP contribution is 2.26. The van der Waals surface area contributed by atoms with Gasteiger partial charge in [0.1, 0.15) is 0 Å². The summed E-state index contributed by atoms with van der Waals surface area (Å²) >= 11 is 1.58. The Balaban J connectivity index is 1.99. The molecule has 0 aliphatic carbocycles. The molecule has 3 aromatic rings. The van der Waals surface area contributed by atoms with Crippen LogP contribution in [0.25, 0.3) is 10.8 Å². The minimum Gasteiger partial charge on any atom is -0.279 e. The summed E-state index contributed by atoms with van der Waals surface area (Å²) in [6.07, 6.45) is 1.96. The van der Waals surface area contributed by atoms with E-state index in [2.05, 4.69) is 4.72 Å². The summed E-state index contributed by atoms with van der Waals surface area (Å²) in [5, 5.41) is 1.88. The van der Waals surface area contributed by atoms with Crippen LogP contribution >= 0.6 is 11.8 Å². The maximum Gasteiger partial charge on any atom is 0.261 e. The summed E-state index contributed by atoms with van der Waals surface area (Å²) in [5.74, 6) is 0. The molecule has 0 unspecified atom stereocenters. The smallest absolute Gasteiger partial charge is 0.261 e. The van der Waals surface area contributed by atoms with Crippen LogP contribution in [-0.4, -0.2) is 14.7 Å². The first-order valence-electron chi connectivity index (χ1n) is 6.75. The molecular formula is C17H15NO2S2. The summed E-state index contributed by atoms with van der Waals surface area (Å²) in [7, 11) is -3.59. The highest BCUT2D eigenvalue weighted by Gasteiger charge is 2.15. The van der Waals surface area contributed by atoms with E-state index in [-0.39, 0.29) is 4.90 Å². The molecule has 0 aliphatic heterocycles. The maximum atomic E-state index is 12.5. The zero-order chi connectivity index (χ0) is 15.6. The molecule has 0 aliphatic rings. The minimum atomic E-state index is -3.59. The third-order valence-electron chi connectivity index (χ3n) is 3.40. The van der Waals surface area contributed by atoms with Crippen molar-refractivity contribution in [1.82, 2.24) is 0 Å². The van der Waals surface area contributed by atoms with Gasteiger partial charge in [-0.25, -0.2) is 8.42 Å². The molecule has 0 spiro atoms. The third kappa shape index (κ3) is 2.96. The van der Waals surface area contributed by atoms with Crippen LogP contribution in [0, 0.1) is 0 Å². The molecule has 0 fully saturated rings. The van der Waals surface area contributed by atoms with Crippen molar-refractivity contribution in [1.29, 1.82) is 0 Å². The van der Waals surface area contributed by atoms with Gasteiger partial charge in [0.25, 0.3) is 10.0 Å². The van der Waals surface area contributed by atoms with Gasteiger partial charge in [-0.3, -0.25) is 4.72 Å². The Morgan fingerprint density at radius 3 is 2.27 bits per heavy atom. The van der Waals surface area contributed by atoms with E-state index in [4.69, 9.17) is 0 Å². The number of sulfonamides is 1. The number of rotatable bonds is 4. The highest BCUT2D eigenvalue weighted by atomic mass is 32.2. The van der Waals surface area contributed by atoms with Crippen molar-refractivity contribution >= 4 is 38.2 Å². The van der Waals surface area contributed by atoms with Gasteiger partial charge < -0.3 is 0 Å². The van der Waals surface area contributed by atoms with Crippen LogP contribution in [0.15, 0.2) is 76.5 Å². The Bertz CT molecular complexity index is 898. The Hall–Kier alpha value is -1.98. The number of hydrogen-bond donors (Lipinski definition) is 1. The average molecular weight is 329 g/mol. The second-order valence-corrected chi connectivity index (χ2v) is 7.37. The van der Waals surface area contributed by atoms with Gasteiger partial charge in [0.2, 0.25) is 0 Å². The molecule has 0 heterocycles. The molecule has 0 saturated heterocycles. The first-order valence-corrected chi connectivity index (χ1v) is 9.45. The zero-order valence-electron chi connectivity index (χ0n) is 12.0. The van der Waals surface area contributed by atoms with Crippen molar-refractivity contribution in [2.75, 3.05) is 11.0 Å². The molecular weight excluding hydrogens is 314 g/mol. The Kier molecular flexibility index (Phi) is 4.09. The van der Waals surface area contributed by atoms with Crippen LogP contribution in [0.3, 0.4) is 0 Å². The molecule has 3 nitrogen and oxygen atoms in total. The van der Waals surface area contributed by atoms with Crippen molar-refractivity contribution in [2.24, 2.45) is 0 Å². The van der Waals surface area contributed by atoms with E-state index < -0.39 is 10.0 Å². The second-order valence-electron chi connectivity index (χ2n) is 4.81. The second kappa shape index (κ2) is 6.02. The zero-order valence-corrected chi connectivity index (χ0v) is 13.6. The lowest BCUT2D eigenvalue weighted by molar-refractivity contribution is 0.601. The molecule has 22 heavy (non-hydrogen) atoms. The van der Waals surface area contributed by atoms with Gasteiger partial charge in [-0.1, -0.05) is 36.4 Å². The van der Waals surface area contributed by atoms with Crippen LogP contribution in [0.2, 0.25) is 0 Å². The Morgan fingerprint density at radius 1 is 0.864 bits per heavy atom. The molecule has 0 radical (unpaired) electrons. The molecule has 0 saturated carbocycles. The van der Waals surface area contributed by atoms with Gasteiger partial charge in [-0.2, -0.15) is 0 Å². The van der Waals surface area contributed by atoms with Gasteiger partial charge >= 0.3 is 0 Å². The monoisotopic (exact) mass is 329 g/mol. The molecule has 0 aromatic heterocycles. The average Bonchev–Trinajstić information content (AvgIpc) is 2.55. The normalized spacial score (nSPS) is 11.5. The molecule has 0 bridgehead atoms. The van der Waals surface area contributed by atoms with Crippen LogP contribution in [0.4, 0.5) is 5.69 Å². The van der Waals surface area contributed by atoms with Crippen LogP contribution in [-0.2, 0) is 10.0 Å². The Morgan fingerprint density at radius 2 is 1.55 bits per heavy atom. The van der Waals surface area contributed by atoms with E-state index in [1.54, 1.807) is 30.0 Å². The molecule has 0 amide bonds. The fourth-order valence-electron chi connectivity index (χ4n) is 2.27. The largest absolute Gasteiger partial charge is 0.279 e. The number of benzene rings is 3. The van der Waals surface area contributed by atoms with Crippen LogP contribution in [0.5, 0.6) is 0 Å². The molecule has 112 valence electrons. The van der Waals surface area contributed by atoms with Gasteiger partial charge in [-0.15, -0.1) is 11.8 Å². The van der Waals surface area contributed by atoms with Crippen molar-refractivity contribution in [3.63, 3.8) is 0 Å². The first-order chi connectivity index (χ1) is 10.6. The fraction of sp³-hybridized carbons (Fsp3) is 0.0588. The van der Waals surface area contributed by atoms with E-state index in [0.717, 1.165) is 15.7 Å². The highest BCUT2D eigenvalue weighted by molar-refractivity contribution is 7.98. The lowest BCUT2D eigenvalue weighted by Crippen LogP contribution is -2.13. The van der Waals surface area contributed by atoms with Gasteiger partial charge in [0, 0.05) is 10.3 Å². The lowest BCUT2D eigenvalue weighted by Gasteiger charge is -2.11. The van der Waals surface area contributed by atoms with Crippen molar-refractivity contribution in [2.45, 2.75) is 9.79 Å². The van der Waals surface area contributed by atoms with Crippen LogP contribution in [0.1, 0.15) is 0 Å². The SMILES string of the molecule is CSc1ccc(S(=O)(=O)Nc2cccc3ccccc23)cc1. The fourth-order valence-corrected chi connectivity index (χ4v) is 3.76. The molecule has 0 atom stereocenters. The molecule has 5 heteroatoms. The quantitative estimate of drug-likeness (QED) is 0.723. The van der Waals surface area contributed by atoms with E-state index in [0.29, 0.717) is 5.69 Å². The van der Waals surface area contributed by atoms with Crippen molar-refractivity contribution in [3.8, 4) is 0 Å². The van der Waals surface area contributed by atoms with E-state index in [1.165, 1.54) is 0 Å². The van der Waals surface area contributed by atoms with Crippen LogP contribution < -0.4 is 4.72 Å². The summed E-state index contributed by atoms with van der Waals surface area (Å²) in [6, 6.07) is 20.1. The molecule has 3 rings (SSSR count). The topological polar surface area (TPSA) is 46.2 Å². The number of anilines is 1. The number of thioether (sulfide) groups is 1. The van der Waals surface area contributed by atoms with Gasteiger partial charge in [0.15, 0.2) is 0 Å². The van der Waals surface area contributed by atoms with E-state index in [1.807, 2.05) is 54.8 Å². The first kappa shape index (κ1) is 14.9. The number of hydrogen-bond acceptors (Lipinski definition) is 3. The van der Waals surface area contributed by atoms with Gasteiger partial charge in [0.05, 0.1) is 10.6 Å². The molecule has 3 aromatic carbocycles. The summed E-state index contributed by atoms with van der Waals surface area (Å²) in [4.78, 5) is 1.29. The number of nitrogens with one attached hydrogen (secondary N) is 1. The third-order valence-corrected chi connectivity index (χ3v) is 5.53. The minimum absolute atomic E-state index is 0.262. The summed E-state index contributed by atoms with van der Waals surface area (Å²) < 4.78 is 27.7. The molecule has 1 N–H and O–H groups in total. The number of fused-ring (bicyclic) bond motifs is 1. The van der Waals surface area contributed by atoms with E-state index >= 15 is 0 Å². The van der Waals surface area contributed by atoms with E-state index in [9.17, 15) is 8.42 Å². The maximum absolute atomic E-state index is 12.5. The Labute approximate surface area is 134 Å². The predicted octanol–water partition coefficient (Wildman–Crippen LogP) is 4.36. The lowest BCUT2D eigenvalue weighted by atomic mass is 10.1. The van der Waals surface area contributed by atoms with Gasteiger partial charge in [-0.05, 0) is 42.0 Å². The predicted molar refractivity (Wildman–Crippen MR) is 93.0 cm³/mol. The summed E-state index contributed by atoms with van der Waals surface area (Å²) in [6.45, 7) is 0. The summed E-state index contributed by atoms with van der Waals surface area (Å²) in [5.41, 5.74) is 0.590. The van der Waals surface area contributed by atoms with Crippen molar-refractivity contribution in [3.05, 3.63) is 66.7 Å². The van der Waals surface area contributed by atoms with Crippen molar-refractivity contribution < 1.29 is 8.42 Å².